The van der Waals surface area contributed by atoms with Crippen LogP contribution in [0.4, 0.5) is 5.69 Å². The number of ketones is 1. The van der Waals surface area contributed by atoms with Gasteiger partial charge in [0.25, 0.3) is 5.69 Å². The number of Topliss-reactive ketones (excluding diaryl/α,β-unsaturated/α-hetero) is 1. The molecule has 0 atom stereocenters. The van der Waals surface area contributed by atoms with Gasteiger partial charge in [-0.2, -0.15) is 0 Å². The van der Waals surface area contributed by atoms with Crippen LogP contribution in [-0.2, 0) is 17.8 Å². The van der Waals surface area contributed by atoms with Crippen molar-refractivity contribution >= 4 is 52.2 Å². The Morgan fingerprint density at radius 3 is 2.24 bits per heavy atom. The third kappa shape index (κ3) is 7.68. The molecule has 0 spiro atoms. The van der Waals surface area contributed by atoms with Crippen LogP contribution in [0.15, 0.2) is 53.0 Å². The van der Waals surface area contributed by atoms with Gasteiger partial charge in [-0.05, 0) is 17.2 Å². The second-order valence-electron chi connectivity index (χ2n) is 6.79. The Balaban J connectivity index is 0.00000210. The first kappa shape index (κ1) is 25.5. The highest BCUT2D eigenvalue weighted by Gasteiger charge is 2.20. The van der Waals surface area contributed by atoms with Crippen LogP contribution in [0.1, 0.15) is 11.1 Å². The van der Waals surface area contributed by atoms with Crippen molar-refractivity contribution in [2.45, 2.75) is 13.0 Å². The van der Waals surface area contributed by atoms with Crippen molar-refractivity contribution in [2.24, 2.45) is 0 Å². The van der Waals surface area contributed by atoms with E-state index in [4.69, 9.17) is 0 Å². The van der Waals surface area contributed by atoms with Gasteiger partial charge in [0.05, 0.1) is 11.5 Å². The monoisotopic (exact) mass is 503 g/mol. The van der Waals surface area contributed by atoms with Crippen LogP contribution >= 0.6 is 40.7 Å². The zero-order chi connectivity index (χ0) is 19.2. The first-order valence-corrected chi connectivity index (χ1v) is 9.74. The fourth-order valence-electron chi connectivity index (χ4n) is 3.28. The van der Waals surface area contributed by atoms with Crippen LogP contribution in [-0.4, -0.2) is 53.2 Å². The molecule has 1 aliphatic heterocycles. The first-order valence-electron chi connectivity index (χ1n) is 8.94. The number of piperazine rings is 1. The van der Waals surface area contributed by atoms with E-state index in [2.05, 4.69) is 50.0 Å². The standard InChI is InChI=1S/C20H22BrN3O3.2ClH/c21-20-7-6-18(24(26)27)12-17(20)13-19(25)15-23-10-8-22(9-11-23)14-16-4-2-1-3-5-16;;/h1-7,12H,8-11,13-15H2;2*1H. The Kier molecular flexibility index (Phi) is 10.8. The molecule has 1 fully saturated rings. The number of carbonyl (C=O) groups excluding carboxylic acids is 1. The van der Waals surface area contributed by atoms with E-state index in [1.54, 1.807) is 6.07 Å². The lowest BCUT2D eigenvalue weighted by Crippen LogP contribution is -2.47. The fourth-order valence-corrected chi connectivity index (χ4v) is 3.66. The summed E-state index contributed by atoms with van der Waals surface area (Å²) in [5.74, 6) is 0.0766. The highest BCUT2D eigenvalue weighted by molar-refractivity contribution is 9.10. The summed E-state index contributed by atoms with van der Waals surface area (Å²) >= 11 is 3.38. The van der Waals surface area contributed by atoms with Gasteiger partial charge < -0.3 is 0 Å². The minimum absolute atomic E-state index is 0. The van der Waals surface area contributed by atoms with Crippen LogP contribution in [0, 0.1) is 10.1 Å². The molecule has 0 saturated carbocycles. The van der Waals surface area contributed by atoms with E-state index in [9.17, 15) is 14.9 Å². The second kappa shape index (κ2) is 12.2. The van der Waals surface area contributed by atoms with Gasteiger partial charge >= 0.3 is 0 Å². The van der Waals surface area contributed by atoms with Crippen molar-refractivity contribution in [3.8, 4) is 0 Å². The van der Waals surface area contributed by atoms with Crippen LogP contribution < -0.4 is 0 Å². The number of benzene rings is 2. The minimum atomic E-state index is -0.438. The number of nitro benzene ring substituents is 1. The molecule has 0 aromatic heterocycles. The highest BCUT2D eigenvalue weighted by atomic mass is 79.9. The van der Waals surface area contributed by atoms with Crippen LogP contribution in [0.25, 0.3) is 0 Å². The maximum Gasteiger partial charge on any atom is 0.269 e. The quantitative estimate of drug-likeness (QED) is 0.419. The van der Waals surface area contributed by atoms with Gasteiger partial charge in [0, 0.05) is 55.8 Å². The number of halogens is 3. The molecule has 29 heavy (non-hydrogen) atoms. The average Bonchev–Trinajstić information content (AvgIpc) is 2.66. The zero-order valence-electron chi connectivity index (χ0n) is 15.8. The molecule has 0 radical (unpaired) electrons. The molecule has 0 unspecified atom stereocenters. The van der Waals surface area contributed by atoms with E-state index in [0.717, 1.165) is 37.2 Å². The lowest BCUT2D eigenvalue weighted by molar-refractivity contribution is -0.384. The summed E-state index contributed by atoms with van der Waals surface area (Å²) in [4.78, 5) is 27.5. The fraction of sp³-hybridized carbons (Fsp3) is 0.350. The summed E-state index contributed by atoms with van der Waals surface area (Å²) in [6.07, 6.45) is 0.201. The van der Waals surface area contributed by atoms with Gasteiger partial charge in [0.2, 0.25) is 0 Å². The Morgan fingerprint density at radius 2 is 1.62 bits per heavy atom. The molecule has 1 aliphatic rings. The Bertz CT molecular complexity index is 816. The number of rotatable bonds is 7. The minimum Gasteiger partial charge on any atom is -0.298 e. The van der Waals surface area contributed by atoms with Gasteiger partial charge in [-0.25, -0.2) is 0 Å². The predicted molar refractivity (Wildman–Crippen MR) is 122 cm³/mol. The zero-order valence-corrected chi connectivity index (χ0v) is 19.0. The molecule has 0 N–H and O–H groups in total. The van der Waals surface area contributed by atoms with Crippen LogP contribution in [0.5, 0.6) is 0 Å². The summed E-state index contributed by atoms with van der Waals surface area (Å²) in [6.45, 7) is 4.90. The third-order valence-corrected chi connectivity index (χ3v) is 5.52. The molecule has 2 aromatic carbocycles. The summed E-state index contributed by atoms with van der Waals surface area (Å²) < 4.78 is 0.731. The second-order valence-corrected chi connectivity index (χ2v) is 7.64. The Hall–Kier alpha value is -1.51. The number of hydrogen-bond acceptors (Lipinski definition) is 5. The van der Waals surface area contributed by atoms with E-state index in [-0.39, 0.29) is 42.7 Å². The highest BCUT2D eigenvalue weighted by Crippen LogP contribution is 2.23. The molecular formula is C20H24BrCl2N3O3. The van der Waals surface area contributed by atoms with E-state index in [0.29, 0.717) is 12.1 Å². The summed E-state index contributed by atoms with van der Waals surface area (Å²) in [6, 6.07) is 14.9. The molecule has 0 bridgehead atoms. The smallest absolute Gasteiger partial charge is 0.269 e. The summed E-state index contributed by atoms with van der Waals surface area (Å²) in [7, 11) is 0. The molecular weight excluding hydrogens is 481 g/mol. The molecule has 1 heterocycles. The number of nitro groups is 1. The molecule has 6 nitrogen and oxygen atoms in total. The number of nitrogens with zero attached hydrogens (tertiary/aromatic N) is 3. The van der Waals surface area contributed by atoms with Crippen molar-refractivity contribution in [3.63, 3.8) is 0 Å². The van der Waals surface area contributed by atoms with E-state index in [1.165, 1.54) is 17.7 Å². The van der Waals surface area contributed by atoms with E-state index in [1.807, 2.05) is 6.07 Å². The maximum atomic E-state index is 12.4. The van der Waals surface area contributed by atoms with Crippen molar-refractivity contribution in [1.82, 2.24) is 9.80 Å². The summed E-state index contributed by atoms with van der Waals surface area (Å²) in [5.41, 5.74) is 1.98. The molecule has 3 rings (SSSR count). The SMILES string of the molecule is Cl.Cl.O=C(Cc1cc([N+](=O)[O-])ccc1Br)CN1CCN(Cc2ccccc2)CC1. The normalized spacial score (nSPS) is 14.5. The average molecular weight is 505 g/mol. The first-order chi connectivity index (χ1) is 13.0. The van der Waals surface area contributed by atoms with E-state index < -0.39 is 4.92 Å². The molecule has 9 heteroatoms. The van der Waals surface area contributed by atoms with Crippen molar-refractivity contribution in [3.05, 3.63) is 74.2 Å². The van der Waals surface area contributed by atoms with E-state index >= 15 is 0 Å². The van der Waals surface area contributed by atoms with Gasteiger partial charge in [0.15, 0.2) is 5.78 Å². The lowest BCUT2D eigenvalue weighted by Gasteiger charge is -2.34. The lowest BCUT2D eigenvalue weighted by atomic mass is 10.1. The predicted octanol–water partition coefficient (Wildman–Crippen LogP) is 4.13. The van der Waals surface area contributed by atoms with Crippen LogP contribution in [0.2, 0.25) is 0 Å². The molecule has 0 aliphatic carbocycles. The van der Waals surface area contributed by atoms with Gasteiger partial charge in [-0.1, -0.05) is 46.3 Å². The van der Waals surface area contributed by atoms with Gasteiger partial charge in [0.1, 0.15) is 0 Å². The molecule has 1 saturated heterocycles. The molecule has 2 aromatic rings. The van der Waals surface area contributed by atoms with Crippen molar-refractivity contribution in [1.29, 1.82) is 0 Å². The topological polar surface area (TPSA) is 66.7 Å². The molecule has 0 amide bonds. The number of carbonyl (C=O) groups is 1. The van der Waals surface area contributed by atoms with Crippen LogP contribution in [0.3, 0.4) is 0 Å². The maximum absolute atomic E-state index is 12.4. The van der Waals surface area contributed by atoms with Crippen molar-refractivity contribution < 1.29 is 9.72 Å². The third-order valence-electron chi connectivity index (χ3n) is 4.74. The largest absolute Gasteiger partial charge is 0.298 e. The number of hydrogen-bond donors (Lipinski definition) is 0. The van der Waals surface area contributed by atoms with Crippen molar-refractivity contribution in [2.75, 3.05) is 32.7 Å². The summed E-state index contributed by atoms with van der Waals surface area (Å²) in [5, 5.41) is 10.9. The van der Waals surface area contributed by atoms with Gasteiger partial charge in [-0.3, -0.25) is 24.7 Å². The molecule has 158 valence electrons. The number of non-ortho nitro benzene ring substituents is 1. The Morgan fingerprint density at radius 1 is 1.00 bits per heavy atom. The Labute approximate surface area is 191 Å². The van der Waals surface area contributed by atoms with Gasteiger partial charge in [-0.15, -0.1) is 24.8 Å².